The van der Waals surface area contributed by atoms with Crippen molar-refractivity contribution < 1.29 is 9.90 Å². The van der Waals surface area contributed by atoms with Crippen LogP contribution in [-0.4, -0.2) is 45.7 Å². The lowest BCUT2D eigenvalue weighted by atomic mass is 9.98. The van der Waals surface area contributed by atoms with Gasteiger partial charge in [-0.2, -0.15) is 0 Å². The zero-order valence-electron chi connectivity index (χ0n) is 11.6. The zero-order chi connectivity index (χ0) is 14.1. The Hall–Kier alpha value is -1.88. The number of carboxylic acid groups (broad SMARTS) is 1. The molecule has 5 heteroatoms. The fraction of sp³-hybridized carbons (Fsp3) is 0.467. The van der Waals surface area contributed by atoms with E-state index >= 15 is 0 Å². The van der Waals surface area contributed by atoms with Crippen LogP contribution >= 0.6 is 0 Å². The Balaban J connectivity index is 1.93. The van der Waals surface area contributed by atoms with Gasteiger partial charge in [-0.3, -0.25) is 0 Å². The first-order valence-electron chi connectivity index (χ1n) is 7.01. The fourth-order valence-electron chi connectivity index (χ4n) is 3.14. The van der Waals surface area contributed by atoms with E-state index in [1.165, 1.54) is 12.8 Å². The van der Waals surface area contributed by atoms with Crippen molar-refractivity contribution in [3.05, 3.63) is 30.1 Å². The Kier molecular flexibility index (Phi) is 3.44. The van der Waals surface area contributed by atoms with Crippen molar-refractivity contribution in [2.75, 3.05) is 20.1 Å². The molecule has 1 aromatic carbocycles. The van der Waals surface area contributed by atoms with Crippen molar-refractivity contribution in [3.8, 4) is 0 Å². The molecule has 0 saturated carbocycles. The van der Waals surface area contributed by atoms with Crippen LogP contribution in [0, 0.1) is 5.92 Å². The number of carboxylic acids is 1. The van der Waals surface area contributed by atoms with Crippen LogP contribution in [0.4, 0.5) is 0 Å². The molecule has 1 unspecified atom stereocenters. The van der Waals surface area contributed by atoms with Gasteiger partial charge in [-0.25, -0.2) is 9.78 Å². The van der Waals surface area contributed by atoms with Gasteiger partial charge in [-0.15, -0.1) is 0 Å². The molecular weight excluding hydrogens is 254 g/mol. The van der Waals surface area contributed by atoms with Gasteiger partial charge in [0.15, 0.2) is 0 Å². The normalized spacial score (nSPS) is 20.4. The minimum absolute atomic E-state index is 0.337. The van der Waals surface area contributed by atoms with Crippen molar-refractivity contribution in [1.29, 1.82) is 0 Å². The topological polar surface area (TPSA) is 58.4 Å². The van der Waals surface area contributed by atoms with Gasteiger partial charge < -0.3 is 14.6 Å². The second kappa shape index (κ2) is 5.25. The van der Waals surface area contributed by atoms with Gasteiger partial charge in [0.25, 0.3) is 0 Å². The van der Waals surface area contributed by atoms with Crippen molar-refractivity contribution >= 4 is 17.0 Å². The highest BCUT2D eigenvalue weighted by atomic mass is 16.4. The molecule has 2 aromatic rings. The van der Waals surface area contributed by atoms with Crippen molar-refractivity contribution in [3.63, 3.8) is 0 Å². The van der Waals surface area contributed by atoms with E-state index in [4.69, 9.17) is 0 Å². The molecular formula is C15H19N3O2. The maximum atomic E-state index is 11.4. The largest absolute Gasteiger partial charge is 0.478 e. The predicted octanol–water partition coefficient (Wildman–Crippen LogP) is 2.08. The molecule has 1 aliphatic heterocycles. The molecule has 20 heavy (non-hydrogen) atoms. The van der Waals surface area contributed by atoms with E-state index in [1.54, 1.807) is 18.5 Å². The lowest BCUT2D eigenvalue weighted by Gasteiger charge is -2.30. The highest BCUT2D eigenvalue weighted by Crippen LogP contribution is 2.22. The molecule has 1 N–H and O–H groups in total. The van der Waals surface area contributed by atoms with Crippen LogP contribution in [0.5, 0.6) is 0 Å². The highest BCUT2D eigenvalue weighted by molar-refractivity contribution is 6.01. The van der Waals surface area contributed by atoms with Gasteiger partial charge in [-0.05, 0) is 44.5 Å². The fourth-order valence-corrected chi connectivity index (χ4v) is 3.14. The molecule has 0 amide bonds. The summed E-state index contributed by atoms with van der Waals surface area (Å²) in [6.07, 6.45) is 4.17. The number of para-hydroxylation sites is 1. The first kappa shape index (κ1) is 13.1. The predicted molar refractivity (Wildman–Crippen MR) is 76.9 cm³/mol. The number of fused-ring (bicyclic) bond motifs is 1. The summed E-state index contributed by atoms with van der Waals surface area (Å²) >= 11 is 0. The van der Waals surface area contributed by atoms with E-state index in [1.807, 2.05) is 10.6 Å². The van der Waals surface area contributed by atoms with E-state index in [9.17, 15) is 9.90 Å². The standard InChI is InChI=1S/C15H19N3O2/c1-17-7-3-4-11(8-17)9-18-10-16-13-6-2-5-12(14(13)18)15(19)20/h2,5-6,10-11H,3-4,7-9H2,1H3,(H,19,20). The Bertz CT molecular complexity index is 635. The van der Waals surface area contributed by atoms with Crippen molar-refractivity contribution in [1.82, 2.24) is 14.5 Å². The summed E-state index contributed by atoms with van der Waals surface area (Å²) in [7, 11) is 2.14. The first-order chi connectivity index (χ1) is 9.65. The number of hydrogen-bond acceptors (Lipinski definition) is 3. The van der Waals surface area contributed by atoms with Crippen LogP contribution in [0.2, 0.25) is 0 Å². The quantitative estimate of drug-likeness (QED) is 0.930. The number of aromatic carboxylic acids is 1. The van der Waals surface area contributed by atoms with Gasteiger partial charge in [0, 0.05) is 13.1 Å². The van der Waals surface area contributed by atoms with Crippen molar-refractivity contribution in [2.24, 2.45) is 5.92 Å². The van der Waals surface area contributed by atoms with Crippen LogP contribution < -0.4 is 0 Å². The molecule has 0 aliphatic carbocycles. The summed E-state index contributed by atoms with van der Waals surface area (Å²) in [4.78, 5) is 18.0. The third kappa shape index (κ3) is 2.41. The lowest BCUT2D eigenvalue weighted by Crippen LogP contribution is -2.34. The summed E-state index contributed by atoms with van der Waals surface area (Å²) in [5, 5.41) is 9.32. The Morgan fingerprint density at radius 3 is 3.10 bits per heavy atom. The highest BCUT2D eigenvalue weighted by Gasteiger charge is 2.20. The number of likely N-dealkylation sites (tertiary alicyclic amines) is 1. The molecule has 1 aliphatic rings. The molecule has 0 bridgehead atoms. The summed E-state index contributed by atoms with van der Waals surface area (Å²) in [5.41, 5.74) is 1.84. The number of nitrogens with zero attached hydrogens (tertiary/aromatic N) is 3. The molecule has 2 heterocycles. The smallest absolute Gasteiger partial charge is 0.337 e. The number of rotatable bonds is 3. The Morgan fingerprint density at radius 2 is 2.35 bits per heavy atom. The number of aromatic nitrogens is 2. The molecule has 5 nitrogen and oxygen atoms in total. The van der Waals surface area contributed by atoms with Crippen molar-refractivity contribution in [2.45, 2.75) is 19.4 Å². The monoisotopic (exact) mass is 273 g/mol. The van der Waals surface area contributed by atoms with Crippen LogP contribution in [0.25, 0.3) is 11.0 Å². The number of hydrogen-bond donors (Lipinski definition) is 1. The maximum absolute atomic E-state index is 11.4. The van der Waals surface area contributed by atoms with Gasteiger partial charge in [0.05, 0.1) is 22.9 Å². The van der Waals surface area contributed by atoms with Crippen LogP contribution in [0.15, 0.2) is 24.5 Å². The maximum Gasteiger partial charge on any atom is 0.337 e. The number of piperidine rings is 1. The summed E-state index contributed by atoms with van der Waals surface area (Å²) in [5.74, 6) is -0.328. The number of carbonyl (C=O) groups is 1. The van der Waals surface area contributed by atoms with E-state index in [-0.39, 0.29) is 0 Å². The Morgan fingerprint density at radius 1 is 1.50 bits per heavy atom. The third-order valence-electron chi connectivity index (χ3n) is 4.05. The minimum Gasteiger partial charge on any atom is -0.478 e. The molecule has 1 fully saturated rings. The van der Waals surface area contributed by atoms with Gasteiger partial charge in [0.1, 0.15) is 0 Å². The lowest BCUT2D eigenvalue weighted by molar-refractivity contribution is 0.0698. The molecule has 1 saturated heterocycles. The molecule has 106 valence electrons. The molecule has 0 spiro atoms. The van der Waals surface area contributed by atoms with Gasteiger partial charge >= 0.3 is 5.97 Å². The summed E-state index contributed by atoms with van der Waals surface area (Å²) in [6, 6.07) is 5.26. The van der Waals surface area contributed by atoms with E-state index in [0.717, 1.165) is 30.7 Å². The van der Waals surface area contributed by atoms with Crippen LogP contribution in [0.1, 0.15) is 23.2 Å². The number of benzene rings is 1. The molecule has 1 aromatic heterocycles. The van der Waals surface area contributed by atoms with E-state index in [2.05, 4.69) is 16.9 Å². The van der Waals surface area contributed by atoms with E-state index in [0.29, 0.717) is 11.5 Å². The summed E-state index contributed by atoms with van der Waals surface area (Å²) in [6.45, 7) is 3.06. The van der Waals surface area contributed by atoms with Gasteiger partial charge in [-0.1, -0.05) is 6.07 Å². The average Bonchev–Trinajstić information content (AvgIpc) is 2.82. The summed E-state index contributed by atoms with van der Waals surface area (Å²) < 4.78 is 2.00. The van der Waals surface area contributed by atoms with E-state index < -0.39 is 5.97 Å². The number of imidazole rings is 1. The second-order valence-electron chi connectivity index (χ2n) is 5.65. The molecule has 0 radical (unpaired) electrons. The Labute approximate surface area is 117 Å². The zero-order valence-corrected chi connectivity index (χ0v) is 11.6. The van der Waals surface area contributed by atoms with Crippen LogP contribution in [0.3, 0.4) is 0 Å². The first-order valence-corrected chi connectivity index (χ1v) is 7.01. The second-order valence-corrected chi connectivity index (χ2v) is 5.65. The minimum atomic E-state index is -0.891. The SMILES string of the molecule is CN1CCCC(Cn2cnc3cccc(C(=O)O)c32)C1. The molecule has 1 atom stereocenters. The average molecular weight is 273 g/mol. The third-order valence-corrected chi connectivity index (χ3v) is 4.05. The molecule has 3 rings (SSSR count). The van der Waals surface area contributed by atoms with Crippen LogP contribution in [-0.2, 0) is 6.54 Å². The van der Waals surface area contributed by atoms with Gasteiger partial charge in [0.2, 0.25) is 0 Å².